The molecule has 80 valence electrons. The average molecular weight is 208 g/mol. The van der Waals surface area contributed by atoms with Crippen LogP contribution in [-0.2, 0) is 4.74 Å². The Morgan fingerprint density at radius 2 is 2.53 bits per heavy atom. The Morgan fingerprint density at radius 3 is 3.20 bits per heavy atom. The molecule has 0 aromatic carbocycles. The van der Waals surface area contributed by atoms with Crippen LogP contribution >= 0.6 is 0 Å². The summed E-state index contributed by atoms with van der Waals surface area (Å²) in [5, 5.41) is 11.9. The first-order valence-corrected chi connectivity index (χ1v) is 4.79. The third kappa shape index (κ3) is 2.44. The molecule has 1 saturated heterocycles. The molecule has 0 radical (unpaired) electrons. The van der Waals surface area contributed by atoms with Crippen molar-refractivity contribution in [2.45, 2.75) is 12.5 Å². The van der Waals surface area contributed by atoms with E-state index in [9.17, 15) is 4.79 Å². The molecule has 1 aromatic heterocycles. The fraction of sp³-hybridized carbons (Fsp3) is 0.400. The number of carbonyl (C=O) groups is 1. The lowest BCUT2D eigenvalue weighted by Gasteiger charge is -2.11. The third-order valence-corrected chi connectivity index (χ3v) is 2.29. The summed E-state index contributed by atoms with van der Waals surface area (Å²) in [5.41, 5.74) is 0.242. The van der Waals surface area contributed by atoms with Crippen molar-refractivity contribution in [1.29, 1.82) is 0 Å². The van der Waals surface area contributed by atoms with Gasteiger partial charge >= 0.3 is 5.97 Å². The standard InChI is InChI=1S/C10H12N2O3/c13-10(14)7-1-3-11-9(5-7)12-8-2-4-15-6-8/h1,3,5,8H,2,4,6H2,(H,11,12)(H,13,14). The minimum atomic E-state index is -0.942. The van der Waals surface area contributed by atoms with Crippen molar-refractivity contribution in [1.82, 2.24) is 4.98 Å². The van der Waals surface area contributed by atoms with Crippen LogP contribution in [-0.4, -0.2) is 35.3 Å². The van der Waals surface area contributed by atoms with Crippen LogP contribution in [0.2, 0.25) is 0 Å². The summed E-state index contributed by atoms with van der Waals surface area (Å²) in [4.78, 5) is 14.8. The number of nitrogens with one attached hydrogen (secondary N) is 1. The smallest absolute Gasteiger partial charge is 0.335 e. The van der Waals surface area contributed by atoms with E-state index in [0.717, 1.165) is 13.0 Å². The summed E-state index contributed by atoms with van der Waals surface area (Å²) in [5.74, 6) is -0.353. The van der Waals surface area contributed by atoms with Gasteiger partial charge in [0.1, 0.15) is 5.82 Å². The Labute approximate surface area is 87.1 Å². The number of hydrogen-bond acceptors (Lipinski definition) is 4. The van der Waals surface area contributed by atoms with Gasteiger partial charge in [0.15, 0.2) is 0 Å². The van der Waals surface area contributed by atoms with E-state index in [1.807, 2.05) is 0 Å². The number of rotatable bonds is 3. The summed E-state index contributed by atoms with van der Waals surface area (Å²) < 4.78 is 5.20. The number of carboxylic acids is 1. The third-order valence-electron chi connectivity index (χ3n) is 2.29. The monoisotopic (exact) mass is 208 g/mol. The predicted octanol–water partition coefficient (Wildman–Crippen LogP) is 0.981. The lowest BCUT2D eigenvalue weighted by Crippen LogP contribution is -2.19. The van der Waals surface area contributed by atoms with Crippen molar-refractivity contribution in [2.24, 2.45) is 0 Å². The highest BCUT2D eigenvalue weighted by molar-refractivity contribution is 5.88. The van der Waals surface area contributed by atoms with Gasteiger partial charge in [0, 0.05) is 12.8 Å². The second-order valence-electron chi connectivity index (χ2n) is 3.44. The highest BCUT2D eigenvalue weighted by Crippen LogP contribution is 2.12. The molecule has 0 bridgehead atoms. The minimum absolute atomic E-state index is 0.238. The molecule has 1 aliphatic heterocycles. The topological polar surface area (TPSA) is 71.5 Å². The Kier molecular flexibility index (Phi) is 2.82. The predicted molar refractivity (Wildman–Crippen MR) is 54.0 cm³/mol. The van der Waals surface area contributed by atoms with Crippen molar-refractivity contribution >= 4 is 11.8 Å². The van der Waals surface area contributed by atoms with E-state index in [2.05, 4.69) is 10.3 Å². The van der Waals surface area contributed by atoms with E-state index in [1.54, 1.807) is 0 Å². The number of ether oxygens (including phenoxy) is 1. The Hall–Kier alpha value is -1.62. The van der Waals surface area contributed by atoms with E-state index in [0.29, 0.717) is 12.4 Å². The zero-order valence-electron chi connectivity index (χ0n) is 8.14. The zero-order chi connectivity index (χ0) is 10.7. The fourth-order valence-electron chi connectivity index (χ4n) is 1.50. The average Bonchev–Trinajstić information content (AvgIpc) is 2.71. The second kappa shape index (κ2) is 4.27. The lowest BCUT2D eigenvalue weighted by molar-refractivity contribution is 0.0697. The van der Waals surface area contributed by atoms with Crippen LogP contribution in [0.5, 0.6) is 0 Å². The summed E-state index contributed by atoms with van der Waals surface area (Å²) in [6, 6.07) is 3.24. The number of nitrogens with zero attached hydrogens (tertiary/aromatic N) is 1. The van der Waals surface area contributed by atoms with Crippen molar-refractivity contribution in [3.63, 3.8) is 0 Å². The van der Waals surface area contributed by atoms with Crippen LogP contribution in [0.3, 0.4) is 0 Å². The van der Waals surface area contributed by atoms with Gasteiger partial charge in [-0.3, -0.25) is 0 Å². The highest BCUT2D eigenvalue weighted by Gasteiger charge is 2.15. The van der Waals surface area contributed by atoms with Gasteiger partial charge in [-0.1, -0.05) is 0 Å². The number of aromatic nitrogens is 1. The molecular formula is C10H12N2O3. The summed E-state index contributed by atoms with van der Waals surface area (Å²) >= 11 is 0. The first kappa shape index (κ1) is 9.92. The van der Waals surface area contributed by atoms with Crippen LogP contribution in [0.15, 0.2) is 18.3 Å². The van der Waals surface area contributed by atoms with Gasteiger partial charge in [0.25, 0.3) is 0 Å². The first-order valence-electron chi connectivity index (χ1n) is 4.79. The number of aromatic carboxylic acids is 1. The van der Waals surface area contributed by atoms with Gasteiger partial charge in [0.2, 0.25) is 0 Å². The quantitative estimate of drug-likeness (QED) is 0.774. The molecule has 0 amide bonds. The molecule has 5 nitrogen and oxygen atoms in total. The number of pyridine rings is 1. The molecule has 1 atom stereocenters. The van der Waals surface area contributed by atoms with Crippen molar-refractivity contribution < 1.29 is 14.6 Å². The minimum Gasteiger partial charge on any atom is -0.478 e. The Balaban J connectivity index is 2.07. The molecule has 15 heavy (non-hydrogen) atoms. The molecule has 0 aliphatic carbocycles. The maximum atomic E-state index is 10.7. The molecule has 2 N–H and O–H groups in total. The summed E-state index contributed by atoms with van der Waals surface area (Å²) in [6.07, 6.45) is 2.42. The van der Waals surface area contributed by atoms with E-state index in [4.69, 9.17) is 9.84 Å². The van der Waals surface area contributed by atoms with Crippen molar-refractivity contribution in [2.75, 3.05) is 18.5 Å². The largest absolute Gasteiger partial charge is 0.478 e. The van der Waals surface area contributed by atoms with Gasteiger partial charge < -0.3 is 15.2 Å². The molecular weight excluding hydrogens is 196 g/mol. The summed E-state index contributed by atoms with van der Waals surface area (Å²) in [7, 11) is 0. The normalized spacial score (nSPS) is 20.1. The number of anilines is 1. The van der Waals surface area contributed by atoms with E-state index in [1.165, 1.54) is 18.3 Å². The molecule has 1 aromatic rings. The van der Waals surface area contributed by atoms with Crippen LogP contribution in [0, 0.1) is 0 Å². The Morgan fingerprint density at radius 1 is 1.67 bits per heavy atom. The van der Waals surface area contributed by atoms with Gasteiger partial charge in [-0.15, -0.1) is 0 Å². The van der Waals surface area contributed by atoms with Crippen LogP contribution in [0.25, 0.3) is 0 Å². The lowest BCUT2D eigenvalue weighted by atomic mass is 10.2. The number of carboxylic acid groups (broad SMARTS) is 1. The molecule has 1 aliphatic rings. The SMILES string of the molecule is O=C(O)c1ccnc(NC2CCOC2)c1. The van der Waals surface area contributed by atoms with Crippen LogP contribution < -0.4 is 5.32 Å². The fourth-order valence-corrected chi connectivity index (χ4v) is 1.50. The van der Waals surface area contributed by atoms with E-state index < -0.39 is 5.97 Å². The highest BCUT2D eigenvalue weighted by atomic mass is 16.5. The molecule has 0 saturated carbocycles. The molecule has 1 fully saturated rings. The van der Waals surface area contributed by atoms with E-state index >= 15 is 0 Å². The van der Waals surface area contributed by atoms with Gasteiger partial charge in [0.05, 0.1) is 18.2 Å². The van der Waals surface area contributed by atoms with Gasteiger partial charge in [-0.05, 0) is 18.6 Å². The zero-order valence-corrected chi connectivity index (χ0v) is 8.14. The van der Waals surface area contributed by atoms with Gasteiger partial charge in [-0.2, -0.15) is 0 Å². The molecule has 1 unspecified atom stereocenters. The van der Waals surface area contributed by atoms with Crippen molar-refractivity contribution in [3.8, 4) is 0 Å². The molecule has 2 rings (SSSR count). The molecule has 0 spiro atoms. The summed E-state index contributed by atoms with van der Waals surface area (Å²) in [6.45, 7) is 1.40. The van der Waals surface area contributed by atoms with Crippen molar-refractivity contribution in [3.05, 3.63) is 23.9 Å². The van der Waals surface area contributed by atoms with Crippen LogP contribution in [0.4, 0.5) is 5.82 Å². The van der Waals surface area contributed by atoms with Crippen LogP contribution in [0.1, 0.15) is 16.8 Å². The maximum Gasteiger partial charge on any atom is 0.335 e. The molecule has 2 heterocycles. The maximum absolute atomic E-state index is 10.7. The molecule has 5 heteroatoms. The number of hydrogen-bond donors (Lipinski definition) is 2. The second-order valence-corrected chi connectivity index (χ2v) is 3.44. The first-order chi connectivity index (χ1) is 7.25. The van der Waals surface area contributed by atoms with Gasteiger partial charge in [-0.25, -0.2) is 9.78 Å². The Bertz CT molecular complexity index is 361. The van der Waals surface area contributed by atoms with E-state index in [-0.39, 0.29) is 11.6 Å².